The summed E-state index contributed by atoms with van der Waals surface area (Å²) < 4.78 is 0. The highest BCUT2D eigenvalue weighted by molar-refractivity contribution is 5.74. The number of carbonyl (C=O) groups is 1. The fraction of sp³-hybridized carbons (Fsp3) is 0.632. The first kappa shape index (κ1) is 18.7. The number of benzene rings is 1. The van der Waals surface area contributed by atoms with Gasteiger partial charge in [0, 0.05) is 37.7 Å². The number of aliphatic hydroxyl groups excluding tert-OH is 1. The third-order valence-corrected chi connectivity index (χ3v) is 5.05. The summed E-state index contributed by atoms with van der Waals surface area (Å²) in [7, 11) is 2.07. The molecule has 3 N–H and O–H groups in total. The quantitative estimate of drug-likeness (QED) is 0.718. The smallest absolute Gasteiger partial charge is 0.315 e. The van der Waals surface area contributed by atoms with Crippen molar-refractivity contribution >= 4 is 6.03 Å². The van der Waals surface area contributed by atoms with Crippen molar-refractivity contribution in [1.82, 2.24) is 15.5 Å². The van der Waals surface area contributed by atoms with Crippen LogP contribution in [0.25, 0.3) is 0 Å². The lowest BCUT2D eigenvalue weighted by atomic mass is 9.85. The van der Waals surface area contributed by atoms with Crippen LogP contribution in [0, 0.1) is 5.92 Å². The maximum atomic E-state index is 12.1. The van der Waals surface area contributed by atoms with E-state index in [0.717, 1.165) is 32.2 Å². The normalized spacial score (nSPS) is 22.2. The van der Waals surface area contributed by atoms with Gasteiger partial charge in [-0.3, -0.25) is 4.90 Å². The Labute approximate surface area is 145 Å². The Kier molecular flexibility index (Phi) is 7.53. The predicted octanol–water partition coefficient (Wildman–Crippen LogP) is 2.36. The van der Waals surface area contributed by atoms with Crippen LogP contribution in [0.15, 0.2) is 30.3 Å². The van der Waals surface area contributed by atoms with E-state index in [1.54, 1.807) is 0 Å². The molecule has 0 bridgehead atoms. The number of hydrogen-bond donors (Lipinski definition) is 3. The zero-order valence-corrected chi connectivity index (χ0v) is 14.9. The largest absolute Gasteiger partial charge is 0.396 e. The van der Waals surface area contributed by atoms with Crippen LogP contribution in [0.5, 0.6) is 0 Å². The van der Waals surface area contributed by atoms with Crippen molar-refractivity contribution in [2.75, 3.05) is 20.2 Å². The van der Waals surface area contributed by atoms with E-state index in [0.29, 0.717) is 6.54 Å². The highest BCUT2D eigenvalue weighted by Gasteiger charge is 2.25. The zero-order valence-electron chi connectivity index (χ0n) is 14.9. The molecule has 0 aliphatic heterocycles. The fourth-order valence-electron chi connectivity index (χ4n) is 3.26. The molecule has 1 aliphatic rings. The standard InChI is InChI=1S/C19H31N3O2/c1-15(22(2)13-16-8-4-3-5-9-16)12-20-19(24)21-18-11-7-6-10-17(18)14-23/h3-5,8-9,15,17-18,23H,6-7,10-14H2,1-2H3,(H2,20,21,24). The molecule has 3 atom stereocenters. The number of rotatable bonds is 7. The van der Waals surface area contributed by atoms with Crippen LogP contribution in [-0.4, -0.2) is 48.3 Å². The minimum absolute atomic E-state index is 0.0982. The number of nitrogens with zero attached hydrogens (tertiary/aromatic N) is 1. The van der Waals surface area contributed by atoms with E-state index in [1.807, 2.05) is 18.2 Å². The van der Waals surface area contributed by atoms with E-state index < -0.39 is 0 Å². The van der Waals surface area contributed by atoms with Gasteiger partial charge in [-0.2, -0.15) is 0 Å². The van der Waals surface area contributed by atoms with Gasteiger partial charge in [0.25, 0.3) is 0 Å². The summed E-state index contributed by atoms with van der Waals surface area (Å²) in [5.74, 6) is 0.197. The first-order valence-electron chi connectivity index (χ1n) is 8.99. The lowest BCUT2D eigenvalue weighted by Crippen LogP contribution is -2.50. The molecule has 5 heteroatoms. The van der Waals surface area contributed by atoms with Crippen LogP contribution < -0.4 is 10.6 Å². The molecule has 0 saturated heterocycles. The number of amides is 2. The number of carbonyl (C=O) groups excluding carboxylic acids is 1. The van der Waals surface area contributed by atoms with E-state index in [4.69, 9.17) is 0 Å². The van der Waals surface area contributed by atoms with E-state index in [9.17, 15) is 9.90 Å². The molecule has 1 saturated carbocycles. The molecule has 134 valence electrons. The van der Waals surface area contributed by atoms with E-state index >= 15 is 0 Å². The van der Waals surface area contributed by atoms with Crippen molar-refractivity contribution < 1.29 is 9.90 Å². The van der Waals surface area contributed by atoms with E-state index in [-0.39, 0.29) is 30.6 Å². The maximum Gasteiger partial charge on any atom is 0.315 e. The third kappa shape index (κ3) is 5.80. The Hall–Kier alpha value is -1.59. The van der Waals surface area contributed by atoms with Gasteiger partial charge in [-0.25, -0.2) is 4.79 Å². The average molecular weight is 333 g/mol. The van der Waals surface area contributed by atoms with Gasteiger partial charge in [-0.15, -0.1) is 0 Å². The van der Waals surface area contributed by atoms with Crippen LogP contribution in [0.4, 0.5) is 4.79 Å². The number of hydrogen-bond acceptors (Lipinski definition) is 3. The van der Waals surface area contributed by atoms with Crippen molar-refractivity contribution in [3.05, 3.63) is 35.9 Å². The van der Waals surface area contributed by atoms with Gasteiger partial charge in [0.15, 0.2) is 0 Å². The Morgan fingerprint density at radius 1 is 1.29 bits per heavy atom. The van der Waals surface area contributed by atoms with Crippen LogP contribution in [0.1, 0.15) is 38.2 Å². The third-order valence-electron chi connectivity index (χ3n) is 5.05. The Morgan fingerprint density at radius 3 is 2.71 bits per heavy atom. The van der Waals surface area contributed by atoms with Gasteiger partial charge in [-0.05, 0) is 32.4 Å². The number of aliphatic hydroxyl groups is 1. The molecular formula is C19H31N3O2. The summed E-state index contributed by atoms with van der Waals surface area (Å²) >= 11 is 0. The summed E-state index contributed by atoms with van der Waals surface area (Å²) in [6, 6.07) is 10.5. The molecule has 0 spiro atoms. The first-order chi connectivity index (χ1) is 11.6. The highest BCUT2D eigenvalue weighted by Crippen LogP contribution is 2.23. The molecule has 0 radical (unpaired) electrons. The van der Waals surface area contributed by atoms with Crippen LogP contribution in [0.3, 0.4) is 0 Å². The first-order valence-corrected chi connectivity index (χ1v) is 8.99. The minimum atomic E-state index is -0.125. The fourth-order valence-corrected chi connectivity index (χ4v) is 3.26. The van der Waals surface area contributed by atoms with Gasteiger partial charge in [0.2, 0.25) is 0 Å². The average Bonchev–Trinajstić information content (AvgIpc) is 2.61. The van der Waals surface area contributed by atoms with Crippen molar-refractivity contribution in [1.29, 1.82) is 0 Å². The molecular weight excluding hydrogens is 302 g/mol. The Balaban J connectivity index is 1.72. The van der Waals surface area contributed by atoms with Crippen LogP contribution in [0.2, 0.25) is 0 Å². The molecule has 2 rings (SSSR count). The number of urea groups is 1. The Bertz CT molecular complexity index is 495. The molecule has 1 aromatic rings. The zero-order chi connectivity index (χ0) is 17.4. The molecule has 0 heterocycles. The summed E-state index contributed by atoms with van der Waals surface area (Å²) in [5, 5.41) is 15.4. The molecule has 0 aromatic heterocycles. The lowest BCUT2D eigenvalue weighted by molar-refractivity contribution is 0.153. The number of nitrogens with one attached hydrogen (secondary N) is 2. The van der Waals surface area contributed by atoms with Crippen molar-refractivity contribution in [3.8, 4) is 0 Å². The molecule has 3 unspecified atom stereocenters. The molecule has 5 nitrogen and oxygen atoms in total. The van der Waals surface area contributed by atoms with Crippen molar-refractivity contribution in [2.45, 2.75) is 51.2 Å². The summed E-state index contributed by atoms with van der Waals surface area (Å²) in [6.07, 6.45) is 4.23. The van der Waals surface area contributed by atoms with Gasteiger partial charge >= 0.3 is 6.03 Å². The highest BCUT2D eigenvalue weighted by atomic mass is 16.3. The molecule has 24 heavy (non-hydrogen) atoms. The summed E-state index contributed by atoms with van der Waals surface area (Å²) in [4.78, 5) is 14.4. The predicted molar refractivity (Wildman–Crippen MR) is 96.7 cm³/mol. The summed E-state index contributed by atoms with van der Waals surface area (Å²) in [6.45, 7) is 3.73. The monoisotopic (exact) mass is 333 g/mol. The molecule has 1 fully saturated rings. The molecule has 2 amide bonds. The van der Waals surface area contributed by atoms with Gasteiger partial charge < -0.3 is 15.7 Å². The van der Waals surface area contributed by atoms with Gasteiger partial charge in [0.1, 0.15) is 0 Å². The second-order valence-corrected chi connectivity index (χ2v) is 6.94. The number of likely N-dealkylation sites (N-methyl/N-ethyl adjacent to an activating group) is 1. The summed E-state index contributed by atoms with van der Waals surface area (Å²) in [5.41, 5.74) is 1.27. The van der Waals surface area contributed by atoms with Crippen molar-refractivity contribution in [2.24, 2.45) is 5.92 Å². The van der Waals surface area contributed by atoms with E-state index in [2.05, 4.69) is 41.6 Å². The lowest BCUT2D eigenvalue weighted by Gasteiger charge is -2.31. The topological polar surface area (TPSA) is 64.6 Å². The van der Waals surface area contributed by atoms with Crippen molar-refractivity contribution in [3.63, 3.8) is 0 Å². The van der Waals surface area contributed by atoms with E-state index in [1.165, 1.54) is 5.56 Å². The second kappa shape index (κ2) is 9.64. The van der Waals surface area contributed by atoms with Gasteiger partial charge in [-0.1, -0.05) is 43.2 Å². The Morgan fingerprint density at radius 2 is 2.00 bits per heavy atom. The van der Waals surface area contributed by atoms with Crippen LogP contribution >= 0.6 is 0 Å². The minimum Gasteiger partial charge on any atom is -0.396 e. The SMILES string of the molecule is CC(CNC(=O)NC1CCCCC1CO)N(C)Cc1ccccc1. The molecule has 1 aromatic carbocycles. The van der Waals surface area contributed by atoms with Gasteiger partial charge in [0.05, 0.1) is 0 Å². The molecule has 1 aliphatic carbocycles. The second-order valence-electron chi connectivity index (χ2n) is 6.94. The maximum absolute atomic E-state index is 12.1. The van der Waals surface area contributed by atoms with Crippen LogP contribution in [-0.2, 0) is 6.54 Å².